The summed E-state index contributed by atoms with van der Waals surface area (Å²) in [5.41, 5.74) is 0.855. The zero-order chi connectivity index (χ0) is 11.3. The van der Waals surface area contributed by atoms with E-state index in [1.807, 2.05) is 19.1 Å². The predicted molar refractivity (Wildman–Crippen MR) is 63.6 cm³/mol. The number of hydrogen-bond donors (Lipinski definition) is 1. The molecule has 4 nitrogen and oxygen atoms in total. The van der Waals surface area contributed by atoms with Crippen molar-refractivity contribution in [3.05, 3.63) is 22.2 Å². The minimum atomic E-state index is 0.575. The number of rotatable bonds is 4. The number of hydrogen-bond acceptors (Lipinski definition) is 4. The molecule has 0 fully saturated rings. The van der Waals surface area contributed by atoms with Gasteiger partial charge < -0.3 is 15.3 Å². The van der Waals surface area contributed by atoms with Crippen LogP contribution in [0.1, 0.15) is 12.5 Å². The van der Waals surface area contributed by atoms with Gasteiger partial charge >= 0.3 is 0 Å². The Morgan fingerprint density at radius 1 is 1.53 bits per heavy atom. The van der Waals surface area contributed by atoms with Gasteiger partial charge in [-0.15, -0.1) is 0 Å². The second-order valence-electron chi connectivity index (χ2n) is 2.75. The van der Waals surface area contributed by atoms with E-state index < -0.39 is 0 Å². The fourth-order valence-corrected chi connectivity index (χ4v) is 1.83. The van der Waals surface area contributed by atoms with E-state index >= 15 is 0 Å². The molecule has 0 aliphatic carbocycles. The van der Waals surface area contributed by atoms with Crippen LogP contribution in [0.5, 0.6) is 11.5 Å². The Hall–Kier alpha value is -1.23. The first-order valence-corrected chi connectivity index (χ1v) is 5.25. The van der Waals surface area contributed by atoms with E-state index in [1.54, 1.807) is 13.3 Å². The molecule has 82 valence electrons. The van der Waals surface area contributed by atoms with Gasteiger partial charge in [-0.05, 0) is 40.5 Å². The number of ether oxygens (including phenoxy) is 2. The van der Waals surface area contributed by atoms with Crippen LogP contribution in [0.2, 0.25) is 0 Å². The van der Waals surface area contributed by atoms with Gasteiger partial charge in [-0.2, -0.15) is 5.10 Å². The molecule has 0 amide bonds. The molecule has 0 bridgehead atoms. The summed E-state index contributed by atoms with van der Waals surface area (Å²) in [6.07, 6.45) is 1.55. The van der Waals surface area contributed by atoms with Gasteiger partial charge in [-0.1, -0.05) is 0 Å². The lowest BCUT2D eigenvalue weighted by Gasteiger charge is -2.11. The van der Waals surface area contributed by atoms with Crippen LogP contribution >= 0.6 is 15.9 Å². The lowest BCUT2D eigenvalue weighted by atomic mass is 10.2. The molecule has 0 aliphatic rings. The largest absolute Gasteiger partial charge is 0.492 e. The summed E-state index contributed by atoms with van der Waals surface area (Å²) in [7, 11) is 1.60. The first-order chi connectivity index (χ1) is 7.22. The Balaban J connectivity index is 3.18. The van der Waals surface area contributed by atoms with Crippen LogP contribution in [-0.4, -0.2) is 19.9 Å². The van der Waals surface area contributed by atoms with Gasteiger partial charge in [0.15, 0.2) is 11.5 Å². The lowest BCUT2D eigenvalue weighted by molar-refractivity contribution is 0.310. The molecule has 0 aliphatic heterocycles. The first-order valence-electron chi connectivity index (χ1n) is 4.46. The van der Waals surface area contributed by atoms with Crippen LogP contribution in [0.15, 0.2) is 21.7 Å². The van der Waals surface area contributed by atoms with Crippen LogP contribution in [0, 0.1) is 0 Å². The Bertz CT molecular complexity index is 367. The quantitative estimate of drug-likeness (QED) is 0.519. The maximum absolute atomic E-state index is 5.44. The van der Waals surface area contributed by atoms with Crippen molar-refractivity contribution in [1.82, 2.24) is 0 Å². The molecular formula is C10H13BrN2O2. The van der Waals surface area contributed by atoms with Gasteiger partial charge in [0.2, 0.25) is 0 Å². The summed E-state index contributed by atoms with van der Waals surface area (Å²) in [5, 5.41) is 3.46. The minimum Gasteiger partial charge on any atom is -0.492 e. The second-order valence-corrected chi connectivity index (χ2v) is 3.60. The monoisotopic (exact) mass is 272 g/mol. The van der Waals surface area contributed by atoms with Crippen molar-refractivity contribution in [1.29, 1.82) is 0 Å². The summed E-state index contributed by atoms with van der Waals surface area (Å²) in [5.74, 6) is 6.43. The zero-order valence-corrected chi connectivity index (χ0v) is 10.2. The van der Waals surface area contributed by atoms with Crippen LogP contribution in [0.4, 0.5) is 0 Å². The fraction of sp³-hybridized carbons (Fsp3) is 0.300. The Morgan fingerprint density at radius 3 is 2.80 bits per heavy atom. The molecule has 0 heterocycles. The van der Waals surface area contributed by atoms with Gasteiger partial charge in [0.1, 0.15) is 0 Å². The average Bonchev–Trinajstić information content (AvgIpc) is 2.18. The predicted octanol–water partition coefficient (Wildman–Crippen LogP) is 2.15. The summed E-state index contributed by atoms with van der Waals surface area (Å²) in [6, 6.07) is 3.68. The van der Waals surface area contributed by atoms with Crippen molar-refractivity contribution in [2.75, 3.05) is 13.7 Å². The molecular weight excluding hydrogens is 260 g/mol. The highest BCUT2D eigenvalue weighted by molar-refractivity contribution is 9.10. The second kappa shape index (κ2) is 5.60. The number of benzene rings is 1. The molecule has 5 heteroatoms. The number of halogens is 1. The Morgan fingerprint density at radius 2 is 2.27 bits per heavy atom. The summed E-state index contributed by atoms with van der Waals surface area (Å²) in [4.78, 5) is 0. The number of hydrazone groups is 1. The summed E-state index contributed by atoms with van der Waals surface area (Å²) in [6.45, 7) is 2.49. The molecule has 0 atom stereocenters. The number of nitrogens with two attached hydrogens (primary N) is 1. The third-order valence-electron chi connectivity index (χ3n) is 1.76. The lowest BCUT2D eigenvalue weighted by Crippen LogP contribution is -1.98. The van der Waals surface area contributed by atoms with Crippen molar-refractivity contribution in [2.45, 2.75) is 6.92 Å². The smallest absolute Gasteiger partial charge is 0.174 e. The fourth-order valence-electron chi connectivity index (χ4n) is 1.21. The Labute approximate surface area is 97.2 Å². The van der Waals surface area contributed by atoms with Gasteiger partial charge in [0.25, 0.3) is 0 Å². The first kappa shape index (κ1) is 11.8. The highest BCUT2D eigenvalue weighted by atomic mass is 79.9. The van der Waals surface area contributed by atoms with E-state index in [-0.39, 0.29) is 0 Å². The van der Waals surface area contributed by atoms with Crippen LogP contribution in [0.3, 0.4) is 0 Å². The maximum atomic E-state index is 5.44. The zero-order valence-electron chi connectivity index (χ0n) is 8.66. The molecule has 15 heavy (non-hydrogen) atoms. The summed E-state index contributed by atoms with van der Waals surface area (Å²) >= 11 is 3.39. The van der Waals surface area contributed by atoms with Crippen molar-refractivity contribution in [3.8, 4) is 11.5 Å². The third kappa shape index (κ3) is 2.86. The van der Waals surface area contributed by atoms with Crippen LogP contribution < -0.4 is 15.3 Å². The molecule has 1 aromatic carbocycles. The van der Waals surface area contributed by atoms with E-state index in [0.717, 1.165) is 10.0 Å². The molecule has 0 saturated heterocycles. The summed E-state index contributed by atoms with van der Waals surface area (Å²) < 4.78 is 11.5. The molecule has 2 N–H and O–H groups in total. The molecule has 0 radical (unpaired) electrons. The maximum Gasteiger partial charge on any atom is 0.174 e. The molecule has 0 spiro atoms. The topological polar surface area (TPSA) is 56.8 Å². The third-order valence-corrected chi connectivity index (χ3v) is 2.35. The van der Waals surface area contributed by atoms with E-state index in [2.05, 4.69) is 21.0 Å². The van der Waals surface area contributed by atoms with E-state index in [9.17, 15) is 0 Å². The average molecular weight is 273 g/mol. The standard InChI is InChI=1S/C10H13BrN2O2/c1-3-15-9-5-7(6-13-12)4-8(11)10(9)14-2/h4-6H,3,12H2,1-2H3/b13-6-. The van der Waals surface area contributed by atoms with Gasteiger partial charge in [0.05, 0.1) is 24.4 Å². The molecule has 0 unspecified atom stereocenters. The van der Waals surface area contributed by atoms with Crippen molar-refractivity contribution >= 4 is 22.1 Å². The highest BCUT2D eigenvalue weighted by Gasteiger charge is 2.09. The van der Waals surface area contributed by atoms with Crippen molar-refractivity contribution < 1.29 is 9.47 Å². The van der Waals surface area contributed by atoms with Crippen molar-refractivity contribution in [2.24, 2.45) is 10.9 Å². The van der Waals surface area contributed by atoms with Gasteiger partial charge in [0, 0.05) is 0 Å². The van der Waals surface area contributed by atoms with Gasteiger partial charge in [-0.25, -0.2) is 0 Å². The normalized spacial score (nSPS) is 10.6. The van der Waals surface area contributed by atoms with Crippen LogP contribution in [0.25, 0.3) is 0 Å². The van der Waals surface area contributed by atoms with Crippen molar-refractivity contribution in [3.63, 3.8) is 0 Å². The molecule has 1 aromatic rings. The number of nitrogens with zero attached hydrogens (tertiary/aromatic N) is 1. The molecule has 1 rings (SSSR count). The highest BCUT2D eigenvalue weighted by Crippen LogP contribution is 2.36. The van der Waals surface area contributed by atoms with E-state index in [0.29, 0.717) is 18.1 Å². The van der Waals surface area contributed by atoms with E-state index in [1.165, 1.54) is 0 Å². The minimum absolute atomic E-state index is 0.575. The molecule has 0 saturated carbocycles. The van der Waals surface area contributed by atoms with E-state index in [4.69, 9.17) is 15.3 Å². The molecule has 0 aromatic heterocycles. The number of methoxy groups -OCH3 is 1. The SMILES string of the molecule is CCOc1cc(/C=N\N)cc(Br)c1OC. The van der Waals surface area contributed by atoms with Gasteiger partial charge in [-0.3, -0.25) is 0 Å². The van der Waals surface area contributed by atoms with Crippen LogP contribution in [-0.2, 0) is 0 Å². The Kier molecular flexibility index (Phi) is 4.42.